The van der Waals surface area contributed by atoms with Crippen molar-refractivity contribution in [1.82, 2.24) is 0 Å². The summed E-state index contributed by atoms with van der Waals surface area (Å²) in [6.07, 6.45) is -4.45. The van der Waals surface area contributed by atoms with Crippen molar-refractivity contribution in [2.75, 3.05) is 0 Å². The summed E-state index contributed by atoms with van der Waals surface area (Å²) in [5.41, 5.74) is 0. The van der Waals surface area contributed by atoms with Gasteiger partial charge in [0.2, 0.25) is 0 Å². The lowest BCUT2D eigenvalue weighted by molar-refractivity contribution is -0.347. The molecule has 2 rings (SSSR count). The van der Waals surface area contributed by atoms with E-state index in [1.807, 2.05) is 0 Å². The monoisotopic (exact) mass is 258 g/mol. The first-order valence-corrected chi connectivity index (χ1v) is 4.49. The molecule has 1 aliphatic carbocycles. The summed E-state index contributed by atoms with van der Waals surface area (Å²) in [5, 5.41) is 17.1. The average molecular weight is 258 g/mol. The van der Waals surface area contributed by atoms with Crippen LogP contribution >= 0.6 is 0 Å². The Kier molecular flexibility index (Phi) is 2.20. The topological polar surface area (TPSA) is 83.8 Å². The minimum atomic E-state index is -4.56. The Morgan fingerprint density at radius 1 is 0.882 bits per heavy atom. The molecule has 5 nitrogen and oxygen atoms in total. The number of ether oxygens (including phenoxy) is 1. The Hall–Kier alpha value is -1.38. The number of alkyl halides is 4. The lowest BCUT2D eigenvalue weighted by atomic mass is 9.63. The number of carboxylic acid groups (broad SMARTS) is 2. The van der Waals surface area contributed by atoms with Crippen molar-refractivity contribution in [3.05, 3.63) is 0 Å². The van der Waals surface area contributed by atoms with Crippen molar-refractivity contribution in [2.24, 2.45) is 11.8 Å². The summed E-state index contributed by atoms with van der Waals surface area (Å²) in [5.74, 6) is -17.5. The zero-order valence-electron chi connectivity index (χ0n) is 7.94. The Labute approximate surface area is 91.0 Å². The Morgan fingerprint density at radius 3 is 1.41 bits per heavy atom. The summed E-state index contributed by atoms with van der Waals surface area (Å²) in [7, 11) is 0. The van der Waals surface area contributed by atoms with Gasteiger partial charge in [0, 0.05) is 0 Å². The largest absolute Gasteiger partial charge is 0.479 e. The number of aliphatic carboxylic acids is 2. The van der Waals surface area contributed by atoms with E-state index < -0.39 is 47.8 Å². The van der Waals surface area contributed by atoms with Crippen molar-refractivity contribution in [3.8, 4) is 0 Å². The van der Waals surface area contributed by atoms with E-state index in [0.29, 0.717) is 0 Å². The van der Waals surface area contributed by atoms with Gasteiger partial charge in [-0.15, -0.1) is 0 Å². The van der Waals surface area contributed by atoms with Gasteiger partial charge in [-0.2, -0.15) is 17.6 Å². The first-order valence-electron chi connectivity index (χ1n) is 4.49. The lowest BCUT2D eigenvalue weighted by Gasteiger charge is -2.48. The highest BCUT2D eigenvalue weighted by atomic mass is 19.3. The van der Waals surface area contributed by atoms with Crippen LogP contribution in [0, 0.1) is 11.8 Å². The molecule has 0 aromatic rings. The summed E-state index contributed by atoms with van der Waals surface area (Å²) in [4.78, 5) is 21.1. The molecule has 2 fully saturated rings. The number of carboxylic acids is 2. The molecule has 2 N–H and O–H groups in total. The molecule has 1 saturated carbocycles. The van der Waals surface area contributed by atoms with E-state index in [2.05, 4.69) is 4.74 Å². The van der Waals surface area contributed by atoms with Gasteiger partial charge in [0.1, 0.15) is 0 Å². The van der Waals surface area contributed by atoms with Crippen LogP contribution in [0.25, 0.3) is 0 Å². The van der Waals surface area contributed by atoms with Crippen LogP contribution in [0.2, 0.25) is 0 Å². The molecule has 0 unspecified atom stereocenters. The van der Waals surface area contributed by atoms with Gasteiger partial charge in [0.25, 0.3) is 0 Å². The number of carbonyl (C=O) groups is 2. The van der Waals surface area contributed by atoms with Crippen LogP contribution in [0.1, 0.15) is 0 Å². The maximum Gasteiger partial charge on any atom is 0.333 e. The predicted molar refractivity (Wildman–Crippen MR) is 40.8 cm³/mol. The molecule has 0 amide bonds. The highest BCUT2D eigenvalue weighted by molar-refractivity contribution is 5.79. The molecule has 1 aliphatic heterocycles. The molecule has 0 radical (unpaired) electrons. The van der Waals surface area contributed by atoms with Gasteiger partial charge in [0.15, 0.2) is 12.2 Å². The minimum Gasteiger partial charge on any atom is -0.479 e. The Bertz CT molecular complexity index is 359. The number of hydrogen-bond donors (Lipinski definition) is 2. The van der Waals surface area contributed by atoms with Crippen LogP contribution < -0.4 is 0 Å². The highest BCUT2D eigenvalue weighted by Crippen LogP contribution is 2.65. The second-order valence-corrected chi connectivity index (χ2v) is 3.95. The average Bonchev–Trinajstić information content (AvgIpc) is 2.56. The second-order valence-electron chi connectivity index (χ2n) is 3.95. The molecule has 9 heteroatoms. The summed E-state index contributed by atoms with van der Waals surface area (Å²) >= 11 is 0. The third kappa shape index (κ3) is 1.22. The maximum atomic E-state index is 13.0. The molecular formula is C8H6F4O5. The van der Waals surface area contributed by atoms with E-state index >= 15 is 0 Å². The normalized spacial score (nSPS) is 41.4. The first kappa shape index (κ1) is 12.1. The number of fused-ring (bicyclic) bond motifs is 1. The van der Waals surface area contributed by atoms with E-state index in [9.17, 15) is 27.2 Å². The predicted octanol–water partition coefficient (Wildman–Crippen LogP) is 0.440. The van der Waals surface area contributed by atoms with Gasteiger partial charge < -0.3 is 14.9 Å². The smallest absolute Gasteiger partial charge is 0.333 e. The fourth-order valence-electron chi connectivity index (χ4n) is 2.31. The van der Waals surface area contributed by atoms with Crippen LogP contribution in [0.15, 0.2) is 0 Å². The molecule has 1 heterocycles. The molecule has 96 valence electrons. The van der Waals surface area contributed by atoms with Crippen LogP contribution in [0.5, 0.6) is 0 Å². The number of hydrogen-bond acceptors (Lipinski definition) is 3. The molecule has 17 heavy (non-hydrogen) atoms. The van der Waals surface area contributed by atoms with Crippen LogP contribution in [0.4, 0.5) is 17.6 Å². The van der Waals surface area contributed by atoms with E-state index in [4.69, 9.17) is 10.2 Å². The van der Waals surface area contributed by atoms with Gasteiger partial charge in [0.05, 0.1) is 11.8 Å². The lowest BCUT2D eigenvalue weighted by Crippen LogP contribution is -2.69. The van der Waals surface area contributed by atoms with E-state index in [0.717, 1.165) is 0 Å². The zero-order chi connectivity index (χ0) is 13.2. The van der Waals surface area contributed by atoms with Crippen molar-refractivity contribution in [1.29, 1.82) is 0 Å². The molecule has 1 saturated heterocycles. The zero-order valence-corrected chi connectivity index (χ0v) is 7.94. The van der Waals surface area contributed by atoms with E-state index in [1.54, 1.807) is 0 Å². The van der Waals surface area contributed by atoms with E-state index in [1.165, 1.54) is 0 Å². The molecular weight excluding hydrogens is 252 g/mol. The third-order valence-corrected chi connectivity index (χ3v) is 3.10. The van der Waals surface area contributed by atoms with E-state index in [-0.39, 0.29) is 0 Å². The van der Waals surface area contributed by atoms with Crippen molar-refractivity contribution < 1.29 is 42.1 Å². The van der Waals surface area contributed by atoms with Crippen molar-refractivity contribution >= 4 is 11.9 Å². The highest BCUT2D eigenvalue weighted by Gasteiger charge is 2.86. The van der Waals surface area contributed by atoms with Crippen LogP contribution in [-0.2, 0) is 14.3 Å². The van der Waals surface area contributed by atoms with Crippen molar-refractivity contribution in [3.63, 3.8) is 0 Å². The summed E-state index contributed by atoms with van der Waals surface area (Å²) in [6, 6.07) is 0. The number of rotatable bonds is 2. The standard InChI is InChI=1S/C8H6F4O5/c9-7(10)1-2(8(7,11)12)4(6(15)16)17-3(1)5(13)14/h1-4H,(H,13,14)(H,15,16)/t1-,2+,3+,4-. The summed E-state index contributed by atoms with van der Waals surface area (Å²) < 4.78 is 56.4. The molecule has 0 spiro atoms. The maximum absolute atomic E-state index is 13.0. The number of halogens is 4. The Morgan fingerprint density at radius 2 is 1.18 bits per heavy atom. The Balaban J connectivity index is 2.39. The molecule has 2 aliphatic rings. The fourth-order valence-corrected chi connectivity index (χ4v) is 2.31. The quantitative estimate of drug-likeness (QED) is 0.702. The molecule has 4 atom stereocenters. The van der Waals surface area contributed by atoms with Crippen LogP contribution in [-0.4, -0.2) is 46.2 Å². The fraction of sp³-hybridized carbons (Fsp3) is 0.750. The second kappa shape index (κ2) is 3.09. The van der Waals surface area contributed by atoms with Crippen molar-refractivity contribution in [2.45, 2.75) is 24.1 Å². The molecule has 0 aromatic carbocycles. The van der Waals surface area contributed by atoms with Gasteiger partial charge in [-0.1, -0.05) is 0 Å². The summed E-state index contributed by atoms with van der Waals surface area (Å²) in [6.45, 7) is 0. The SMILES string of the molecule is O=C(O)[C@H]1O[C@@H](C(=O)O)[C@@H]2[C@H]1C(F)(F)C2(F)F. The molecule has 0 aromatic heterocycles. The van der Waals surface area contributed by atoms with Gasteiger partial charge in [-0.25, -0.2) is 9.59 Å². The molecule has 0 bridgehead atoms. The van der Waals surface area contributed by atoms with Crippen LogP contribution in [0.3, 0.4) is 0 Å². The van der Waals surface area contributed by atoms with Gasteiger partial charge in [-0.3, -0.25) is 0 Å². The van der Waals surface area contributed by atoms with Gasteiger partial charge in [-0.05, 0) is 0 Å². The van der Waals surface area contributed by atoms with Gasteiger partial charge >= 0.3 is 23.8 Å². The minimum absolute atomic E-state index is 1.88. The third-order valence-electron chi connectivity index (χ3n) is 3.10. The first-order chi connectivity index (χ1) is 7.62.